The van der Waals surface area contributed by atoms with Crippen LogP contribution >= 0.6 is 0 Å². The van der Waals surface area contributed by atoms with Gasteiger partial charge in [-0.25, -0.2) is 0 Å². The van der Waals surface area contributed by atoms with Crippen molar-refractivity contribution in [3.63, 3.8) is 0 Å². The number of nitrogens with zero attached hydrogens (tertiary/aromatic N) is 1. The van der Waals surface area contributed by atoms with Gasteiger partial charge in [-0.1, -0.05) is 13.8 Å². The number of hydrogen-bond acceptors (Lipinski definition) is 3. The van der Waals surface area contributed by atoms with Gasteiger partial charge >= 0.3 is 0 Å². The summed E-state index contributed by atoms with van der Waals surface area (Å²) in [5.41, 5.74) is 0. The lowest BCUT2D eigenvalue weighted by atomic mass is 9.93. The molecule has 2 saturated heterocycles. The molecule has 100 valence electrons. The predicted octanol–water partition coefficient (Wildman–Crippen LogP) is 1.73. The molecular formula is C14H28N2O. The van der Waals surface area contributed by atoms with Gasteiger partial charge in [-0.15, -0.1) is 0 Å². The Morgan fingerprint density at radius 3 is 3.00 bits per heavy atom. The number of hydrogen-bond donors (Lipinski definition) is 1. The number of ether oxygens (including phenoxy) is 1. The molecule has 0 aromatic heterocycles. The summed E-state index contributed by atoms with van der Waals surface area (Å²) in [5.74, 6) is 1.57. The van der Waals surface area contributed by atoms with Crippen molar-refractivity contribution in [2.24, 2.45) is 11.8 Å². The van der Waals surface area contributed by atoms with Crippen molar-refractivity contribution in [2.75, 3.05) is 39.4 Å². The molecule has 0 spiro atoms. The zero-order chi connectivity index (χ0) is 12.1. The second-order valence-corrected chi connectivity index (χ2v) is 5.79. The smallest absolute Gasteiger partial charge is 0.0521 e. The maximum atomic E-state index is 5.66. The van der Waals surface area contributed by atoms with E-state index in [0.29, 0.717) is 12.0 Å². The Bertz CT molecular complexity index is 220. The first-order valence-electron chi connectivity index (χ1n) is 7.33. The van der Waals surface area contributed by atoms with E-state index in [1.54, 1.807) is 0 Å². The van der Waals surface area contributed by atoms with Crippen molar-refractivity contribution in [1.82, 2.24) is 10.2 Å². The highest BCUT2D eigenvalue weighted by Gasteiger charge is 2.28. The Balaban J connectivity index is 1.82. The van der Waals surface area contributed by atoms with Crippen LogP contribution in [0.5, 0.6) is 0 Å². The van der Waals surface area contributed by atoms with Gasteiger partial charge < -0.3 is 15.0 Å². The van der Waals surface area contributed by atoms with Gasteiger partial charge in [-0.3, -0.25) is 0 Å². The molecule has 1 N–H and O–H groups in total. The summed E-state index contributed by atoms with van der Waals surface area (Å²) in [4.78, 5) is 2.65. The topological polar surface area (TPSA) is 24.5 Å². The molecule has 3 heteroatoms. The van der Waals surface area contributed by atoms with Gasteiger partial charge in [0.15, 0.2) is 0 Å². The first kappa shape index (κ1) is 13.3. The van der Waals surface area contributed by atoms with Crippen LogP contribution in [0.4, 0.5) is 0 Å². The molecule has 0 aromatic carbocycles. The summed E-state index contributed by atoms with van der Waals surface area (Å²) in [6.45, 7) is 11.3. The van der Waals surface area contributed by atoms with Gasteiger partial charge in [0.05, 0.1) is 6.61 Å². The molecule has 2 aliphatic heterocycles. The lowest BCUT2D eigenvalue weighted by Gasteiger charge is -2.38. The van der Waals surface area contributed by atoms with E-state index in [4.69, 9.17) is 4.74 Å². The number of nitrogens with one attached hydrogen (secondary N) is 1. The highest BCUT2D eigenvalue weighted by atomic mass is 16.5. The first-order chi connectivity index (χ1) is 8.29. The minimum absolute atomic E-state index is 0.672. The third kappa shape index (κ3) is 3.94. The van der Waals surface area contributed by atoms with Crippen LogP contribution in [0, 0.1) is 11.8 Å². The van der Waals surface area contributed by atoms with E-state index in [-0.39, 0.29) is 0 Å². The molecule has 2 rings (SSSR count). The predicted molar refractivity (Wildman–Crippen MR) is 71.2 cm³/mol. The van der Waals surface area contributed by atoms with E-state index in [2.05, 4.69) is 24.1 Å². The summed E-state index contributed by atoms with van der Waals surface area (Å²) < 4.78 is 5.66. The summed E-state index contributed by atoms with van der Waals surface area (Å²) >= 11 is 0. The van der Waals surface area contributed by atoms with E-state index in [9.17, 15) is 0 Å². The Kier molecular flexibility index (Phi) is 5.26. The van der Waals surface area contributed by atoms with Crippen molar-refractivity contribution in [3.05, 3.63) is 0 Å². The molecule has 0 aliphatic carbocycles. The van der Waals surface area contributed by atoms with Gasteiger partial charge in [0, 0.05) is 31.7 Å². The highest BCUT2D eigenvalue weighted by molar-refractivity contribution is 4.83. The third-order valence-electron chi connectivity index (χ3n) is 4.17. The monoisotopic (exact) mass is 240 g/mol. The van der Waals surface area contributed by atoms with Crippen LogP contribution in [0.3, 0.4) is 0 Å². The molecule has 2 heterocycles. The van der Waals surface area contributed by atoms with Crippen molar-refractivity contribution in [3.8, 4) is 0 Å². The Hall–Kier alpha value is -0.120. The zero-order valence-corrected chi connectivity index (χ0v) is 11.5. The Morgan fingerprint density at radius 1 is 1.35 bits per heavy atom. The largest absolute Gasteiger partial charge is 0.381 e. The Labute approximate surface area is 106 Å². The van der Waals surface area contributed by atoms with Crippen LogP contribution in [-0.2, 0) is 4.74 Å². The molecular weight excluding hydrogens is 212 g/mol. The maximum Gasteiger partial charge on any atom is 0.0521 e. The first-order valence-corrected chi connectivity index (χ1v) is 7.33. The second-order valence-electron chi connectivity index (χ2n) is 5.79. The molecule has 3 nitrogen and oxygen atoms in total. The minimum atomic E-state index is 0.672. The average Bonchev–Trinajstić information content (AvgIpc) is 2.32. The van der Waals surface area contributed by atoms with E-state index in [1.165, 1.54) is 38.9 Å². The van der Waals surface area contributed by atoms with E-state index in [1.807, 2.05) is 0 Å². The minimum Gasteiger partial charge on any atom is -0.381 e. The van der Waals surface area contributed by atoms with E-state index in [0.717, 1.165) is 25.7 Å². The van der Waals surface area contributed by atoms with Crippen molar-refractivity contribution >= 4 is 0 Å². The molecule has 0 aromatic rings. The molecule has 2 fully saturated rings. The van der Waals surface area contributed by atoms with Gasteiger partial charge in [0.25, 0.3) is 0 Å². The van der Waals surface area contributed by atoms with E-state index >= 15 is 0 Å². The van der Waals surface area contributed by atoms with Crippen LogP contribution in [-0.4, -0.2) is 50.3 Å². The summed E-state index contributed by atoms with van der Waals surface area (Å²) in [6.07, 6.45) is 3.97. The summed E-state index contributed by atoms with van der Waals surface area (Å²) in [7, 11) is 0. The molecule has 17 heavy (non-hydrogen) atoms. The van der Waals surface area contributed by atoms with Crippen LogP contribution in [0.25, 0.3) is 0 Å². The molecule has 0 amide bonds. The number of rotatable bonds is 4. The van der Waals surface area contributed by atoms with Crippen LogP contribution in [0.15, 0.2) is 0 Å². The van der Waals surface area contributed by atoms with Crippen LogP contribution < -0.4 is 5.32 Å². The van der Waals surface area contributed by atoms with Crippen LogP contribution in [0.1, 0.15) is 33.1 Å². The molecule has 2 aliphatic rings. The van der Waals surface area contributed by atoms with Crippen molar-refractivity contribution in [2.45, 2.75) is 39.2 Å². The molecule has 0 radical (unpaired) electrons. The van der Waals surface area contributed by atoms with Crippen molar-refractivity contribution in [1.29, 1.82) is 0 Å². The van der Waals surface area contributed by atoms with Gasteiger partial charge in [-0.05, 0) is 38.3 Å². The number of piperidine rings is 1. The fraction of sp³-hybridized carbons (Fsp3) is 1.00. The Morgan fingerprint density at radius 2 is 2.24 bits per heavy atom. The normalized spacial score (nSPS) is 36.0. The maximum absolute atomic E-state index is 5.66. The van der Waals surface area contributed by atoms with Gasteiger partial charge in [0.1, 0.15) is 0 Å². The van der Waals surface area contributed by atoms with Gasteiger partial charge in [0.2, 0.25) is 0 Å². The zero-order valence-electron chi connectivity index (χ0n) is 11.5. The van der Waals surface area contributed by atoms with Gasteiger partial charge in [-0.2, -0.15) is 0 Å². The lowest BCUT2D eigenvalue weighted by Crippen LogP contribution is -2.49. The SMILES string of the molecule is CCNC1CCOCC1CN1CCCC(C)C1. The second kappa shape index (κ2) is 6.72. The standard InChI is InChI=1S/C14H28N2O/c1-3-15-14-6-8-17-11-13(14)10-16-7-4-5-12(2)9-16/h12-15H,3-11H2,1-2H3. The third-order valence-corrected chi connectivity index (χ3v) is 4.17. The van der Waals surface area contributed by atoms with Crippen LogP contribution in [0.2, 0.25) is 0 Å². The lowest BCUT2D eigenvalue weighted by molar-refractivity contribution is 0.0114. The molecule has 3 unspecified atom stereocenters. The summed E-state index contributed by atoms with van der Waals surface area (Å²) in [5, 5.41) is 3.63. The van der Waals surface area contributed by atoms with Crippen molar-refractivity contribution < 1.29 is 4.74 Å². The molecule has 3 atom stereocenters. The van der Waals surface area contributed by atoms with E-state index < -0.39 is 0 Å². The molecule has 0 bridgehead atoms. The summed E-state index contributed by atoms with van der Waals surface area (Å²) in [6, 6.07) is 0.672. The fourth-order valence-electron chi connectivity index (χ4n) is 3.29. The molecule has 0 saturated carbocycles. The quantitative estimate of drug-likeness (QED) is 0.810. The highest BCUT2D eigenvalue weighted by Crippen LogP contribution is 2.21. The average molecular weight is 240 g/mol. The fourth-order valence-corrected chi connectivity index (χ4v) is 3.29. The number of likely N-dealkylation sites (tertiary alicyclic amines) is 1.